The number of anilines is 1. The number of amides is 1. The molecule has 0 radical (unpaired) electrons. The molecule has 0 spiro atoms. The number of nitrogens with one attached hydrogen (secondary N) is 1. The van der Waals surface area contributed by atoms with Gasteiger partial charge in [-0.05, 0) is 77.2 Å². The van der Waals surface area contributed by atoms with Gasteiger partial charge in [-0.15, -0.1) is 5.10 Å². The van der Waals surface area contributed by atoms with Crippen molar-refractivity contribution in [2.24, 2.45) is 5.10 Å². The summed E-state index contributed by atoms with van der Waals surface area (Å²) in [5.41, 5.74) is 10.8. The standard InChI is InChI=1S/C24H26N8O4/c1-3-5-19(15-6-10-17(33)11-7-15)26-28-24(34)20-21(16-8-12-18(13-9-16)35-14-4-2)32(31-27-20)23-22(25)29-36-30-23/h6-13,33H,3-5,14H2,1-2H3,(H2,25,29)(H,28,34)/b26-19-. The van der Waals surface area contributed by atoms with Crippen molar-refractivity contribution in [3.8, 4) is 28.6 Å². The van der Waals surface area contributed by atoms with Crippen LogP contribution in [0.15, 0.2) is 58.3 Å². The van der Waals surface area contributed by atoms with E-state index >= 15 is 0 Å². The zero-order chi connectivity index (χ0) is 25.5. The molecule has 4 aromatic rings. The lowest BCUT2D eigenvalue weighted by atomic mass is 10.1. The van der Waals surface area contributed by atoms with Crippen LogP contribution in [-0.2, 0) is 0 Å². The largest absolute Gasteiger partial charge is 0.508 e. The maximum atomic E-state index is 13.2. The number of aromatic hydroxyl groups is 1. The van der Waals surface area contributed by atoms with Gasteiger partial charge in [-0.3, -0.25) is 4.79 Å². The lowest BCUT2D eigenvalue weighted by molar-refractivity contribution is 0.0950. The van der Waals surface area contributed by atoms with Crippen LogP contribution in [-0.4, -0.2) is 48.6 Å². The zero-order valence-electron chi connectivity index (χ0n) is 19.9. The quantitative estimate of drug-likeness (QED) is 0.223. The van der Waals surface area contributed by atoms with Gasteiger partial charge in [0.05, 0.1) is 12.3 Å². The van der Waals surface area contributed by atoms with Crippen molar-refractivity contribution in [2.45, 2.75) is 33.1 Å². The Labute approximate surface area is 206 Å². The number of aromatic nitrogens is 5. The maximum Gasteiger partial charge on any atom is 0.294 e. The molecule has 36 heavy (non-hydrogen) atoms. The number of phenolic OH excluding ortho intramolecular Hbond substituents is 1. The molecule has 12 heteroatoms. The summed E-state index contributed by atoms with van der Waals surface area (Å²) in [6, 6.07) is 13.7. The van der Waals surface area contributed by atoms with Crippen LogP contribution in [0, 0.1) is 0 Å². The number of rotatable bonds is 10. The fourth-order valence-corrected chi connectivity index (χ4v) is 3.44. The highest BCUT2D eigenvalue weighted by molar-refractivity contribution is 6.03. The van der Waals surface area contributed by atoms with E-state index in [1.54, 1.807) is 48.5 Å². The summed E-state index contributed by atoms with van der Waals surface area (Å²) >= 11 is 0. The van der Waals surface area contributed by atoms with Gasteiger partial charge in [0.25, 0.3) is 5.91 Å². The van der Waals surface area contributed by atoms with E-state index in [9.17, 15) is 9.90 Å². The van der Waals surface area contributed by atoms with Gasteiger partial charge < -0.3 is 15.6 Å². The number of carbonyl (C=O) groups is 1. The first kappa shape index (κ1) is 24.4. The first-order valence-electron chi connectivity index (χ1n) is 11.5. The molecule has 0 fully saturated rings. The molecule has 0 bridgehead atoms. The molecule has 0 saturated heterocycles. The van der Waals surface area contributed by atoms with Crippen LogP contribution in [0.25, 0.3) is 17.1 Å². The van der Waals surface area contributed by atoms with Crippen molar-refractivity contribution in [3.63, 3.8) is 0 Å². The van der Waals surface area contributed by atoms with Crippen molar-refractivity contribution < 1.29 is 19.3 Å². The van der Waals surface area contributed by atoms with Crippen molar-refractivity contribution in [1.29, 1.82) is 0 Å². The van der Waals surface area contributed by atoms with Crippen LogP contribution in [0.1, 0.15) is 49.2 Å². The third kappa shape index (κ3) is 5.32. The molecule has 2 aromatic heterocycles. The normalized spacial score (nSPS) is 11.4. The van der Waals surface area contributed by atoms with E-state index < -0.39 is 5.91 Å². The van der Waals surface area contributed by atoms with Crippen LogP contribution < -0.4 is 15.9 Å². The van der Waals surface area contributed by atoms with Gasteiger partial charge in [0.2, 0.25) is 11.6 Å². The Morgan fingerprint density at radius 2 is 1.86 bits per heavy atom. The minimum Gasteiger partial charge on any atom is -0.508 e. The Hall–Kier alpha value is -4.74. The van der Waals surface area contributed by atoms with Crippen molar-refractivity contribution in [2.75, 3.05) is 12.3 Å². The number of hydrazone groups is 1. The average Bonchev–Trinajstić information content (AvgIpc) is 3.52. The Balaban J connectivity index is 1.69. The topological polar surface area (TPSA) is 167 Å². The highest BCUT2D eigenvalue weighted by Crippen LogP contribution is 2.28. The Kier molecular flexibility index (Phi) is 7.54. The summed E-state index contributed by atoms with van der Waals surface area (Å²) in [5.74, 6) is 0.349. The predicted octanol–water partition coefficient (Wildman–Crippen LogP) is 3.33. The number of nitrogen functional groups attached to an aromatic ring is 1. The van der Waals surface area contributed by atoms with Gasteiger partial charge in [0.15, 0.2) is 5.69 Å². The first-order valence-corrected chi connectivity index (χ1v) is 11.5. The number of nitrogens with zero attached hydrogens (tertiary/aromatic N) is 6. The summed E-state index contributed by atoms with van der Waals surface area (Å²) in [5, 5.41) is 29.4. The number of benzene rings is 2. The van der Waals surface area contributed by atoms with E-state index in [-0.39, 0.29) is 23.1 Å². The lowest BCUT2D eigenvalue weighted by Crippen LogP contribution is -2.21. The molecule has 4 N–H and O–H groups in total. The lowest BCUT2D eigenvalue weighted by Gasteiger charge is -2.09. The Bertz CT molecular complexity index is 1340. The predicted molar refractivity (Wildman–Crippen MR) is 132 cm³/mol. The average molecular weight is 491 g/mol. The van der Waals surface area contributed by atoms with Crippen molar-refractivity contribution in [3.05, 3.63) is 59.8 Å². The molecule has 0 aliphatic heterocycles. The number of carbonyl (C=O) groups excluding carboxylic acids is 1. The molecule has 12 nitrogen and oxygen atoms in total. The molecule has 1 amide bonds. The van der Waals surface area contributed by atoms with Crippen LogP contribution in [0.5, 0.6) is 11.5 Å². The Morgan fingerprint density at radius 3 is 2.50 bits per heavy atom. The summed E-state index contributed by atoms with van der Waals surface area (Å²) < 4.78 is 11.7. The number of ether oxygens (including phenoxy) is 1. The molecular formula is C24H26N8O4. The Morgan fingerprint density at radius 1 is 1.11 bits per heavy atom. The molecule has 0 atom stereocenters. The van der Waals surface area contributed by atoms with Crippen LogP contribution in [0.4, 0.5) is 5.82 Å². The van der Waals surface area contributed by atoms with E-state index in [4.69, 9.17) is 15.1 Å². The minimum atomic E-state index is -0.579. The molecule has 0 unspecified atom stereocenters. The number of nitrogens with two attached hydrogens (primary N) is 1. The highest BCUT2D eigenvalue weighted by Gasteiger charge is 2.25. The molecule has 186 valence electrons. The van der Waals surface area contributed by atoms with E-state index in [1.807, 2.05) is 13.8 Å². The maximum absolute atomic E-state index is 13.2. The summed E-state index contributed by atoms with van der Waals surface area (Å²) in [4.78, 5) is 13.2. The first-order chi connectivity index (χ1) is 17.5. The number of hydrogen-bond donors (Lipinski definition) is 3. The monoisotopic (exact) mass is 490 g/mol. The molecule has 0 aliphatic rings. The van der Waals surface area contributed by atoms with E-state index in [0.717, 1.165) is 18.4 Å². The third-order valence-electron chi connectivity index (χ3n) is 5.16. The van der Waals surface area contributed by atoms with Crippen molar-refractivity contribution in [1.82, 2.24) is 30.7 Å². The van der Waals surface area contributed by atoms with Gasteiger partial charge in [-0.2, -0.15) is 9.78 Å². The van der Waals surface area contributed by atoms with Crippen LogP contribution in [0.2, 0.25) is 0 Å². The number of hydrogen-bond acceptors (Lipinski definition) is 10. The van der Waals surface area contributed by atoms with Gasteiger partial charge >= 0.3 is 0 Å². The van der Waals surface area contributed by atoms with Gasteiger partial charge in [-0.1, -0.05) is 25.5 Å². The second-order valence-electron chi connectivity index (χ2n) is 7.84. The number of phenols is 1. The molecule has 4 rings (SSSR count). The van der Waals surface area contributed by atoms with E-state index in [1.165, 1.54) is 4.68 Å². The second-order valence-corrected chi connectivity index (χ2v) is 7.84. The molecule has 0 saturated carbocycles. The van der Waals surface area contributed by atoms with E-state index in [2.05, 4.69) is 31.2 Å². The smallest absolute Gasteiger partial charge is 0.294 e. The van der Waals surface area contributed by atoms with Gasteiger partial charge in [0.1, 0.15) is 17.2 Å². The molecular weight excluding hydrogens is 464 g/mol. The minimum absolute atomic E-state index is 0.00457. The molecule has 0 aliphatic carbocycles. The van der Waals surface area contributed by atoms with Crippen molar-refractivity contribution >= 4 is 17.4 Å². The van der Waals surface area contributed by atoms with Gasteiger partial charge in [0, 0.05) is 5.56 Å². The van der Waals surface area contributed by atoms with Gasteiger partial charge in [-0.25, -0.2) is 10.1 Å². The SMILES string of the molecule is CCCOc1ccc(-c2c(C(=O)N/N=C(/CCC)c3ccc(O)cc3)nnn2-c2nonc2N)cc1. The highest BCUT2D eigenvalue weighted by atomic mass is 16.6. The fraction of sp³-hybridized carbons (Fsp3) is 0.250. The summed E-state index contributed by atoms with van der Waals surface area (Å²) in [7, 11) is 0. The second kappa shape index (κ2) is 11.1. The van der Waals surface area contributed by atoms with Crippen LogP contribution in [0.3, 0.4) is 0 Å². The van der Waals surface area contributed by atoms with Crippen LogP contribution >= 0.6 is 0 Å². The summed E-state index contributed by atoms with van der Waals surface area (Å²) in [6.07, 6.45) is 2.30. The third-order valence-corrected chi connectivity index (χ3v) is 5.16. The fourth-order valence-electron chi connectivity index (χ4n) is 3.44. The molecule has 2 aromatic carbocycles. The molecule has 2 heterocycles. The summed E-state index contributed by atoms with van der Waals surface area (Å²) in [6.45, 7) is 4.62. The zero-order valence-corrected chi connectivity index (χ0v) is 19.9. The van der Waals surface area contributed by atoms with E-state index in [0.29, 0.717) is 35.7 Å².